The minimum atomic E-state index is 0.740. The van der Waals surface area contributed by atoms with Crippen molar-refractivity contribution < 1.29 is 0 Å². The molecule has 0 spiro atoms. The third-order valence-corrected chi connectivity index (χ3v) is 3.90. The molecule has 0 heterocycles. The Bertz CT molecular complexity index is 438. The van der Waals surface area contributed by atoms with Gasteiger partial charge in [0.05, 0.1) is 0 Å². The summed E-state index contributed by atoms with van der Waals surface area (Å²) in [5, 5.41) is 0. The molecule has 1 aliphatic rings. The van der Waals surface area contributed by atoms with Gasteiger partial charge in [0.25, 0.3) is 0 Å². The molecule has 2 rings (SSSR count). The van der Waals surface area contributed by atoms with Crippen LogP contribution in [0.4, 0.5) is 0 Å². The molecule has 0 aliphatic heterocycles. The van der Waals surface area contributed by atoms with E-state index in [4.69, 9.17) is 5.73 Å². The Hall–Kier alpha value is -1.34. The maximum Gasteiger partial charge on any atom is -0.00799 e. The van der Waals surface area contributed by atoms with E-state index in [1.54, 1.807) is 0 Å². The average molecular weight is 346 g/mol. The molecule has 0 aromatic heterocycles. The Kier molecular flexibility index (Phi) is 19.7. The lowest BCUT2D eigenvalue weighted by Crippen LogP contribution is -2.01. The van der Waals surface area contributed by atoms with Crippen molar-refractivity contribution in [3.8, 4) is 0 Å². The minimum Gasteiger partial charge on any atom is -0.330 e. The van der Waals surface area contributed by atoms with Gasteiger partial charge >= 0.3 is 0 Å². The molecule has 1 atom stereocenters. The van der Waals surface area contributed by atoms with E-state index in [9.17, 15) is 0 Å². The molecule has 1 heteroatoms. The molecule has 25 heavy (non-hydrogen) atoms. The summed E-state index contributed by atoms with van der Waals surface area (Å²) in [6.07, 6.45) is 12.9. The molecule has 2 N–H and O–H groups in total. The second-order valence-corrected chi connectivity index (χ2v) is 5.80. The summed E-state index contributed by atoms with van der Waals surface area (Å²) in [6, 6.07) is 9.09. The van der Waals surface area contributed by atoms with E-state index >= 15 is 0 Å². The van der Waals surface area contributed by atoms with Crippen LogP contribution in [0.25, 0.3) is 0 Å². The lowest BCUT2D eigenvalue weighted by atomic mass is 9.91. The van der Waals surface area contributed by atoms with Crippen molar-refractivity contribution in [3.63, 3.8) is 0 Å². The molecule has 0 bridgehead atoms. The van der Waals surface area contributed by atoms with Gasteiger partial charge in [0, 0.05) is 0 Å². The molecule has 1 aromatic rings. The van der Waals surface area contributed by atoms with Crippen molar-refractivity contribution in [1.82, 2.24) is 0 Å². The van der Waals surface area contributed by atoms with Crippen LogP contribution >= 0.6 is 0 Å². The van der Waals surface area contributed by atoms with Crippen molar-refractivity contribution in [3.05, 3.63) is 59.2 Å². The number of hydrogen-bond acceptors (Lipinski definition) is 1. The Morgan fingerprint density at radius 3 is 1.88 bits per heavy atom. The summed E-state index contributed by atoms with van der Waals surface area (Å²) in [5.74, 6) is 0.740. The quantitative estimate of drug-likeness (QED) is 0.604. The van der Waals surface area contributed by atoms with Crippen LogP contribution in [-0.4, -0.2) is 6.54 Å². The molecule has 0 radical (unpaired) electrons. The Balaban J connectivity index is 0. The molecular weight excluding hydrogens is 302 g/mol. The highest BCUT2D eigenvalue weighted by Crippen LogP contribution is 2.21. The molecular formula is C24H43N. The maximum absolute atomic E-state index is 5.03. The van der Waals surface area contributed by atoms with E-state index in [1.807, 2.05) is 27.7 Å². The first kappa shape index (κ1) is 25.9. The summed E-state index contributed by atoms with van der Waals surface area (Å²) in [4.78, 5) is 0. The van der Waals surface area contributed by atoms with Gasteiger partial charge in [-0.2, -0.15) is 0 Å². The van der Waals surface area contributed by atoms with Crippen LogP contribution in [0.2, 0.25) is 0 Å². The molecule has 1 aromatic carbocycles. The van der Waals surface area contributed by atoms with E-state index in [2.05, 4.69) is 63.3 Å². The van der Waals surface area contributed by atoms with Crippen molar-refractivity contribution in [2.24, 2.45) is 11.7 Å². The van der Waals surface area contributed by atoms with Crippen LogP contribution in [0.15, 0.2) is 48.1 Å². The van der Waals surface area contributed by atoms with Gasteiger partial charge in [-0.15, -0.1) is 0 Å². The van der Waals surface area contributed by atoms with Crippen LogP contribution in [0.1, 0.15) is 78.9 Å². The molecule has 1 aliphatic carbocycles. The van der Waals surface area contributed by atoms with Gasteiger partial charge in [-0.3, -0.25) is 0 Å². The van der Waals surface area contributed by atoms with Crippen LogP contribution in [-0.2, 0) is 12.8 Å². The average Bonchev–Trinajstić information content (AvgIpc) is 2.71. The molecule has 0 saturated heterocycles. The number of rotatable bonds is 5. The van der Waals surface area contributed by atoms with E-state index in [0.717, 1.165) is 25.3 Å². The normalized spacial score (nSPS) is 14.7. The third-order valence-electron chi connectivity index (χ3n) is 3.90. The summed E-state index contributed by atoms with van der Waals surface area (Å²) >= 11 is 0. The second kappa shape index (κ2) is 19.0. The van der Waals surface area contributed by atoms with Gasteiger partial charge < -0.3 is 5.73 Å². The maximum atomic E-state index is 5.03. The monoisotopic (exact) mass is 345 g/mol. The first-order chi connectivity index (χ1) is 12.2. The number of aryl methyl sites for hydroxylation is 2. The number of allylic oxidation sites excluding steroid dienone is 4. The van der Waals surface area contributed by atoms with E-state index < -0.39 is 0 Å². The highest BCUT2D eigenvalue weighted by Gasteiger charge is 2.07. The summed E-state index contributed by atoms with van der Waals surface area (Å²) < 4.78 is 0. The second-order valence-electron chi connectivity index (χ2n) is 5.80. The first-order valence-corrected chi connectivity index (χ1v) is 10.3. The first-order valence-electron chi connectivity index (χ1n) is 10.3. The van der Waals surface area contributed by atoms with Gasteiger partial charge in [0.2, 0.25) is 0 Å². The zero-order chi connectivity index (χ0) is 19.5. The lowest BCUT2D eigenvalue weighted by molar-refractivity contribution is 0.592. The highest BCUT2D eigenvalue weighted by molar-refractivity contribution is 5.24. The van der Waals surface area contributed by atoms with Crippen LogP contribution < -0.4 is 5.73 Å². The van der Waals surface area contributed by atoms with Gasteiger partial charge in [-0.1, -0.05) is 89.6 Å². The van der Waals surface area contributed by atoms with Crippen molar-refractivity contribution in [2.45, 2.75) is 80.6 Å². The molecule has 0 saturated carbocycles. The molecule has 0 amide bonds. The predicted molar refractivity (Wildman–Crippen MR) is 117 cm³/mol. The topological polar surface area (TPSA) is 26.0 Å². The van der Waals surface area contributed by atoms with Crippen LogP contribution in [0.5, 0.6) is 0 Å². The zero-order valence-electron chi connectivity index (χ0n) is 17.9. The smallest absolute Gasteiger partial charge is 0.00799 e. The number of hydrogen-bond donors (Lipinski definition) is 1. The summed E-state index contributed by atoms with van der Waals surface area (Å²) in [5.41, 5.74) is 9.35. The minimum absolute atomic E-state index is 0.740. The molecule has 1 nitrogen and oxygen atoms in total. The fourth-order valence-electron chi connectivity index (χ4n) is 2.28. The Morgan fingerprint density at radius 1 is 0.960 bits per heavy atom. The molecule has 1 unspecified atom stereocenters. The largest absolute Gasteiger partial charge is 0.330 e. The summed E-state index contributed by atoms with van der Waals surface area (Å²) in [6.45, 7) is 15.3. The van der Waals surface area contributed by atoms with Gasteiger partial charge in [-0.05, 0) is 62.6 Å². The van der Waals surface area contributed by atoms with Crippen molar-refractivity contribution >= 4 is 0 Å². The fraction of sp³-hybridized carbons (Fsp3) is 0.583. The fourth-order valence-corrected chi connectivity index (χ4v) is 2.28. The SMILES string of the molecule is CC.CC.CCCN.CCc1ccc(CCC2C=CC(C)=CC2)cc1. The molecule has 144 valence electrons. The number of nitrogens with two attached hydrogens (primary N) is 1. The van der Waals surface area contributed by atoms with E-state index in [-0.39, 0.29) is 0 Å². The Labute approximate surface area is 158 Å². The van der Waals surface area contributed by atoms with Crippen LogP contribution in [0, 0.1) is 5.92 Å². The lowest BCUT2D eigenvalue weighted by Gasteiger charge is -2.14. The van der Waals surface area contributed by atoms with Crippen LogP contribution in [0.3, 0.4) is 0 Å². The third kappa shape index (κ3) is 13.6. The standard InChI is InChI=1S/C17H22.C3H9N.2C2H6/c1-3-15-8-10-17(11-9-15)13-12-16-6-4-14(2)5-7-16;1-2-3-4;2*1-2/h4-6,8-11,16H,3,7,12-13H2,1-2H3;2-4H2,1H3;2*1-2H3. The van der Waals surface area contributed by atoms with Gasteiger partial charge in [0.1, 0.15) is 0 Å². The Morgan fingerprint density at radius 2 is 1.48 bits per heavy atom. The van der Waals surface area contributed by atoms with Crippen molar-refractivity contribution in [2.75, 3.05) is 6.54 Å². The molecule has 0 fully saturated rings. The zero-order valence-corrected chi connectivity index (χ0v) is 17.9. The number of benzene rings is 1. The van der Waals surface area contributed by atoms with Gasteiger partial charge in [0.15, 0.2) is 0 Å². The summed E-state index contributed by atoms with van der Waals surface area (Å²) in [7, 11) is 0. The van der Waals surface area contributed by atoms with Crippen molar-refractivity contribution in [1.29, 1.82) is 0 Å². The highest BCUT2D eigenvalue weighted by atomic mass is 14.5. The van der Waals surface area contributed by atoms with E-state index in [0.29, 0.717) is 0 Å². The predicted octanol–water partition coefficient (Wildman–Crippen LogP) is 7.11. The van der Waals surface area contributed by atoms with Gasteiger partial charge in [-0.25, -0.2) is 0 Å². The van der Waals surface area contributed by atoms with E-state index in [1.165, 1.54) is 36.0 Å².